The normalized spacial score (nSPS) is 10.3. The number of thiazole rings is 1. The van der Waals surface area contributed by atoms with Gasteiger partial charge in [0.15, 0.2) is 0 Å². The van der Waals surface area contributed by atoms with Crippen molar-refractivity contribution < 1.29 is 14.6 Å². The van der Waals surface area contributed by atoms with Gasteiger partial charge in [0.1, 0.15) is 5.75 Å². The number of hydrogen-bond acceptors (Lipinski definition) is 4. The minimum Gasteiger partial charge on any atom is -0.496 e. The van der Waals surface area contributed by atoms with Crippen molar-refractivity contribution in [1.29, 1.82) is 0 Å². The van der Waals surface area contributed by atoms with Gasteiger partial charge in [-0.2, -0.15) is 0 Å². The zero-order chi connectivity index (χ0) is 13.0. The lowest BCUT2D eigenvalue weighted by Crippen LogP contribution is -1.97. The molecule has 0 fully saturated rings. The van der Waals surface area contributed by atoms with E-state index in [4.69, 9.17) is 9.84 Å². The SMILES string of the molecule is COc1ccccc1-c1csc(CCC(=O)O)n1. The minimum atomic E-state index is -0.802. The Hall–Kier alpha value is -1.88. The van der Waals surface area contributed by atoms with Gasteiger partial charge in [0, 0.05) is 17.4 Å². The maximum atomic E-state index is 10.5. The fourth-order valence-corrected chi connectivity index (χ4v) is 2.42. The lowest BCUT2D eigenvalue weighted by atomic mass is 10.1. The van der Waals surface area contributed by atoms with E-state index in [0.717, 1.165) is 22.0 Å². The van der Waals surface area contributed by atoms with Crippen molar-refractivity contribution in [2.75, 3.05) is 7.11 Å². The van der Waals surface area contributed by atoms with Gasteiger partial charge in [0.2, 0.25) is 0 Å². The molecule has 0 spiro atoms. The number of benzene rings is 1. The first-order valence-corrected chi connectivity index (χ1v) is 6.38. The summed E-state index contributed by atoms with van der Waals surface area (Å²) in [6.45, 7) is 0. The molecular weight excluding hydrogens is 250 g/mol. The van der Waals surface area contributed by atoms with E-state index < -0.39 is 5.97 Å². The van der Waals surface area contributed by atoms with Crippen LogP contribution >= 0.6 is 11.3 Å². The van der Waals surface area contributed by atoms with Gasteiger partial charge >= 0.3 is 5.97 Å². The third-order valence-corrected chi connectivity index (χ3v) is 3.40. The summed E-state index contributed by atoms with van der Waals surface area (Å²) in [4.78, 5) is 14.9. The summed E-state index contributed by atoms with van der Waals surface area (Å²) in [6, 6.07) is 7.65. The van der Waals surface area contributed by atoms with Crippen molar-refractivity contribution in [3.8, 4) is 17.0 Å². The summed E-state index contributed by atoms with van der Waals surface area (Å²) < 4.78 is 5.28. The molecule has 0 saturated heterocycles. The maximum absolute atomic E-state index is 10.5. The van der Waals surface area contributed by atoms with Gasteiger partial charge in [-0.15, -0.1) is 11.3 Å². The molecule has 94 valence electrons. The molecule has 2 rings (SSSR count). The third-order valence-electron chi connectivity index (χ3n) is 2.49. The minimum absolute atomic E-state index is 0.110. The predicted octanol–water partition coefficient (Wildman–Crippen LogP) is 2.84. The third kappa shape index (κ3) is 2.87. The van der Waals surface area contributed by atoms with Crippen LogP contribution in [0.3, 0.4) is 0 Å². The van der Waals surface area contributed by atoms with Gasteiger partial charge in [0.25, 0.3) is 0 Å². The highest BCUT2D eigenvalue weighted by molar-refractivity contribution is 7.09. The Balaban J connectivity index is 2.21. The van der Waals surface area contributed by atoms with E-state index in [2.05, 4.69) is 4.98 Å². The van der Waals surface area contributed by atoms with Gasteiger partial charge in [-0.3, -0.25) is 4.79 Å². The van der Waals surface area contributed by atoms with E-state index in [0.29, 0.717) is 6.42 Å². The van der Waals surface area contributed by atoms with Crippen LogP contribution in [0.15, 0.2) is 29.6 Å². The van der Waals surface area contributed by atoms with E-state index in [1.165, 1.54) is 11.3 Å². The summed E-state index contributed by atoms with van der Waals surface area (Å²) in [7, 11) is 1.62. The average molecular weight is 263 g/mol. The van der Waals surface area contributed by atoms with Crippen LogP contribution in [0.25, 0.3) is 11.3 Å². The number of ether oxygens (including phenoxy) is 1. The van der Waals surface area contributed by atoms with Crippen molar-refractivity contribution in [2.24, 2.45) is 0 Å². The van der Waals surface area contributed by atoms with Crippen molar-refractivity contribution in [3.63, 3.8) is 0 Å². The van der Waals surface area contributed by atoms with E-state index in [9.17, 15) is 4.79 Å². The Morgan fingerprint density at radius 1 is 1.44 bits per heavy atom. The van der Waals surface area contributed by atoms with Crippen LogP contribution in [0.4, 0.5) is 0 Å². The first-order chi connectivity index (χ1) is 8.70. The molecule has 0 radical (unpaired) electrons. The van der Waals surface area contributed by atoms with E-state index in [-0.39, 0.29) is 6.42 Å². The molecule has 0 aliphatic rings. The zero-order valence-electron chi connectivity index (χ0n) is 9.92. The van der Waals surface area contributed by atoms with E-state index >= 15 is 0 Å². The Labute approximate surface area is 109 Å². The number of methoxy groups -OCH3 is 1. The number of hydrogen-bond donors (Lipinski definition) is 1. The summed E-state index contributed by atoms with van der Waals surface area (Å²) in [5.74, 6) is -0.0309. The number of aryl methyl sites for hydroxylation is 1. The fraction of sp³-hybridized carbons (Fsp3) is 0.231. The molecule has 0 amide bonds. The van der Waals surface area contributed by atoms with Crippen LogP contribution in [0.2, 0.25) is 0 Å². The highest BCUT2D eigenvalue weighted by Crippen LogP contribution is 2.30. The second-order valence-electron chi connectivity index (χ2n) is 3.72. The molecule has 1 N–H and O–H groups in total. The van der Waals surface area contributed by atoms with Gasteiger partial charge in [-0.25, -0.2) is 4.98 Å². The lowest BCUT2D eigenvalue weighted by molar-refractivity contribution is -0.136. The topological polar surface area (TPSA) is 59.4 Å². The van der Waals surface area contributed by atoms with Gasteiger partial charge < -0.3 is 9.84 Å². The van der Waals surface area contributed by atoms with Gasteiger partial charge in [0.05, 0.1) is 24.2 Å². The largest absolute Gasteiger partial charge is 0.496 e. The molecule has 2 aromatic rings. The molecule has 1 heterocycles. The molecule has 0 bridgehead atoms. The molecule has 0 unspecified atom stereocenters. The molecule has 4 nitrogen and oxygen atoms in total. The van der Waals surface area contributed by atoms with Gasteiger partial charge in [-0.05, 0) is 12.1 Å². The first-order valence-electron chi connectivity index (χ1n) is 5.50. The number of aromatic nitrogens is 1. The van der Waals surface area contributed by atoms with E-state index in [1.54, 1.807) is 7.11 Å². The van der Waals surface area contributed by atoms with Crippen molar-refractivity contribution >= 4 is 17.3 Å². The second-order valence-corrected chi connectivity index (χ2v) is 4.66. The number of rotatable bonds is 5. The maximum Gasteiger partial charge on any atom is 0.303 e. The summed E-state index contributed by atoms with van der Waals surface area (Å²) in [6.07, 6.45) is 0.577. The Kier molecular flexibility index (Phi) is 3.94. The highest BCUT2D eigenvalue weighted by atomic mass is 32.1. The van der Waals surface area contributed by atoms with E-state index in [1.807, 2.05) is 29.6 Å². The number of carbonyl (C=O) groups is 1. The van der Waals surface area contributed by atoms with Crippen LogP contribution in [-0.4, -0.2) is 23.2 Å². The molecule has 1 aromatic heterocycles. The van der Waals surface area contributed by atoms with Crippen LogP contribution in [0.5, 0.6) is 5.75 Å². The van der Waals surface area contributed by atoms with Crippen molar-refractivity contribution in [2.45, 2.75) is 12.8 Å². The Morgan fingerprint density at radius 3 is 2.94 bits per heavy atom. The summed E-state index contributed by atoms with van der Waals surface area (Å²) in [5, 5.41) is 11.4. The number of para-hydroxylation sites is 1. The smallest absolute Gasteiger partial charge is 0.303 e. The zero-order valence-corrected chi connectivity index (χ0v) is 10.7. The van der Waals surface area contributed by atoms with Crippen molar-refractivity contribution in [3.05, 3.63) is 34.7 Å². The molecule has 1 aromatic carbocycles. The predicted molar refractivity (Wildman–Crippen MR) is 70.1 cm³/mol. The molecule has 0 aliphatic carbocycles. The molecule has 0 aliphatic heterocycles. The molecule has 0 saturated carbocycles. The Morgan fingerprint density at radius 2 is 2.22 bits per heavy atom. The lowest BCUT2D eigenvalue weighted by Gasteiger charge is -2.04. The van der Waals surface area contributed by atoms with Crippen molar-refractivity contribution in [1.82, 2.24) is 4.98 Å². The fourth-order valence-electron chi connectivity index (χ4n) is 1.62. The van der Waals surface area contributed by atoms with Gasteiger partial charge in [-0.1, -0.05) is 12.1 Å². The highest BCUT2D eigenvalue weighted by Gasteiger charge is 2.10. The molecule has 18 heavy (non-hydrogen) atoms. The monoisotopic (exact) mass is 263 g/mol. The summed E-state index contributed by atoms with van der Waals surface area (Å²) >= 11 is 1.48. The number of carboxylic acids is 1. The van der Waals surface area contributed by atoms with Crippen LogP contribution in [0, 0.1) is 0 Å². The Bertz CT molecular complexity index is 551. The summed E-state index contributed by atoms with van der Waals surface area (Å²) in [5.41, 5.74) is 1.76. The molecule has 0 atom stereocenters. The number of nitrogens with zero attached hydrogens (tertiary/aromatic N) is 1. The number of aliphatic carboxylic acids is 1. The first kappa shape index (κ1) is 12.6. The quantitative estimate of drug-likeness (QED) is 0.901. The molecular formula is C13H13NO3S. The van der Waals surface area contributed by atoms with Crippen LogP contribution in [0.1, 0.15) is 11.4 Å². The standard InChI is InChI=1S/C13H13NO3S/c1-17-11-5-3-2-4-9(11)10-8-18-12(14-10)6-7-13(15)16/h2-5,8H,6-7H2,1H3,(H,15,16). The molecule has 5 heteroatoms. The second kappa shape index (κ2) is 5.64. The van der Waals surface area contributed by atoms with Crippen LogP contribution in [-0.2, 0) is 11.2 Å². The average Bonchev–Trinajstić information content (AvgIpc) is 2.85. The number of carboxylic acid groups (broad SMARTS) is 1. The van der Waals surface area contributed by atoms with Crippen LogP contribution < -0.4 is 4.74 Å².